The number of thiophene rings is 1. The molecule has 0 N–H and O–H groups in total. The van der Waals surface area contributed by atoms with Gasteiger partial charge in [0.05, 0.1) is 6.42 Å². The first-order chi connectivity index (χ1) is 10.0. The summed E-state index contributed by atoms with van der Waals surface area (Å²) in [6, 6.07) is 9.45. The van der Waals surface area contributed by atoms with Crippen molar-refractivity contribution in [2.24, 2.45) is 0 Å². The zero-order chi connectivity index (χ0) is 14.9. The lowest BCUT2D eigenvalue weighted by molar-refractivity contribution is -0.156. The summed E-state index contributed by atoms with van der Waals surface area (Å²) in [7, 11) is 0. The van der Waals surface area contributed by atoms with Crippen molar-refractivity contribution < 1.29 is 19.0 Å². The Kier molecular flexibility index (Phi) is 3.59. The lowest BCUT2D eigenvalue weighted by Gasteiger charge is -2.25. The molecule has 0 saturated heterocycles. The second-order valence-corrected chi connectivity index (χ2v) is 6.34. The Labute approximate surface area is 127 Å². The van der Waals surface area contributed by atoms with Crippen LogP contribution < -0.4 is 9.47 Å². The Morgan fingerprint density at radius 1 is 1.29 bits per heavy atom. The van der Waals surface area contributed by atoms with Crippen LogP contribution in [0.1, 0.15) is 24.3 Å². The standard InChI is InChI=1S/C16H16O4S/c1-16(2,20-15(17)9-12-4-3-7-21-12)11-5-6-13-14(8-11)19-10-18-13/h3-8H,9-10H2,1-2H3. The molecule has 1 aliphatic heterocycles. The number of rotatable bonds is 4. The Balaban J connectivity index is 1.72. The number of fused-ring (bicyclic) bond motifs is 1. The SMILES string of the molecule is CC(C)(OC(=O)Cc1cccs1)c1ccc2c(c1)OCO2. The Bertz CT molecular complexity index is 646. The van der Waals surface area contributed by atoms with Crippen LogP contribution in [-0.2, 0) is 21.6 Å². The zero-order valence-corrected chi connectivity index (χ0v) is 12.7. The van der Waals surface area contributed by atoms with Crippen LogP contribution in [0.2, 0.25) is 0 Å². The van der Waals surface area contributed by atoms with Crippen LogP contribution in [0.5, 0.6) is 11.5 Å². The lowest BCUT2D eigenvalue weighted by Crippen LogP contribution is -2.26. The van der Waals surface area contributed by atoms with Gasteiger partial charge in [-0.2, -0.15) is 0 Å². The molecule has 0 atom stereocenters. The summed E-state index contributed by atoms with van der Waals surface area (Å²) in [4.78, 5) is 13.1. The van der Waals surface area contributed by atoms with Crippen LogP contribution in [0, 0.1) is 0 Å². The molecule has 1 aromatic carbocycles. The highest BCUT2D eigenvalue weighted by atomic mass is 32.1. The van der Waals surface area contributed by atoms with Gasteiger partial charge in [0.25, 0.3) is 0 Å². The molecule has 0 saturated carbocycles. The van der Waals surface area contributed by atoms with Crippen molar-refractivity contribution in [3.05, 3.63) is 46.2 Å². The van der Waals surface area contributed by atoms with Crippen molar-refractivity contribution in [3.8, 4) is 11.5 Å². The molecule has 0 aliphatic carbocycles. The molecule has 0 unspecified atom stereocenters. The van der Waals surface area contributed by atoms with Crippen LogP contribution >= 0.6 is 11.3 Å². The van der Waals surface area contributed by atoms with Crippen molar-refractivity contribution in [1.82, 2.24) is 0 Å². The fourth-order valence-electron chi connectivity index (χ4n) is 2.21. The van der Waals surface area contributed by atoms with Gasteiger partial charge in [0.15, 0.2) is 11.5 Å². The number of carbonyl (C=O) groups excluding carboxylic acids is 1. The molecule has 0 fully saturated rings. The molecule has 2 aromatic rings. The van der Waals surface area contributed by atoms with Gasteiger partial charge in [0.2, 0.25) is 6.79 Å². The summed E-state index contributed by atoms with van der Waals surface area (Å²) in [5, 5.41) is 1.95. The van der Waals surface area contributed by atoms with E-state index in [0.29, 0.717) is 12.2 Å². The fourth-order valence-corrected chi connectivity index (χ4v) is 2.90. The van der Waals surface area contributed by atoms with Crippen molar-refractivity contribution >= 4 is 17.3 Å². The zero-order valence-electron chi connectivity index (χ0n) is 11.9. The average Bonchev–Trinajstić information content (AvgIpc) is 3.07. The summed E-state index contributed by atoms with van der Waals surface area (Å²) in [5.74, 6) is 1.18. The van der Waals surface area contributed by atoms with Crippen LogP contribution in [-0.4, -0.2) is 12.8 Å². The molecule has 0 spiro atoms. The Morgan fingerprint density at radius 3 is 2.86 bits per heavy atom. The molecule has 5 heteroatoms. The Morgan fingerprint density at radius 2 is 2.10 bits per heavy atom. The van der Waals surface area contributed by atoms with Gasteiger partial charge < -0.3 is 14.2 Å². The molecule has 1 aliphatic rings. The second-order valence-electron chi connectivity index (χ2n) is 5.31. The summed E-state index contributed by atoms with van der Waals surface area (Å²) >= 11 is 1.55. The van der Waals surface area contributed by atoms with E-state index in [1.807, 2.05) is 49.6 Å². The van der Waals surface area contributed by atoms with Gasteiger partial charge in [0, 0.05) is 4.88 Å². The molecule has 1 aromatic heterocycles. The number of esters is 1. The fraction of sp³-hybridized carbons (Fsp3) is 0.312. The van der Waals surface area contributed by atoms with E-state index in [1.165, 1.54) is 0 Å². The highest BCUT2D eigenvalue weighted by molar-refractivity contribution is 7.10. The van der Waals surface area contributed by atoms with E-state index in [0.717, 1.165) is 16.2 Å². The first kappa shape index (κ1) is 13.9. The first-order valence-corrected chi connectivity index (χ1v) is 7.57. The molecule has 110 valence electrons. The molecule has 0 bridgehead atoms. The smallest absolute Gasteiger partial charge is 0.311 e. The largest absolute Gasteiger partial charge is 0.454 e. The third-order valence-corrected chi connectivity index (χ3v) is 4.21. The molecule has 3 rings (SSSR count). The number of hydrogen-bond acceptors (Lipinski definition) is 5. The van der Waals surface area contributed by atoms with Gasteiger partial charge in [-0.15, -0.1) is 11.3 Å². The maximum Gasteiger partial charge on any atom is 0.311 e. The van der Waals surface area contributed by atoms with Gasteiger partial charge in [0.1, 0.15) is 5.60 Å². The molecule has 0 amide bonds. The van der Waals surface area contributed by atoms with E-state index in [1.54, 1.807) is 11.3 Å². The van der Waals surface area contributed by atoms with Gasteiger partial charge in [-0.05, 0) is 43.0 Å². The van der Waals surface area contributed by atoms with E-state index in [2.05, 4.69) is 0 Å². The van der Waals surface area contributed by atoms with E-state index in [-0.39, 0.29) is 12.8 Å². The van der Waals surface area contributed by atoms with E-state index >= 15 is 0 Å². The molecule has 21 heavy (non-hydrogen) atoms. The average molecular weight is 304 g/mol. The minimum Gasteiger partial charge on any atom is -0.454 e. The number of carbonyl (C=O) groups is 1. The quantitative estimate of drug-likeness (QED) is 0.811. The molecule has 2 heterocycles. The van der Waals surface area contributed by atoms with Crippen molar-refractivity contribution in [1.29, 1.82) is 0 Å². The maximum atomic E-state index is 12.1. The summed E-state index contributed by atoms with van der Waals surface area (Å²) in [6.45, 7) is 3.98. The maximum absolute atomic E-state index is 12.1. The van der Waals surface area contributed by atoms with Crippen molar-refractivity contribution in [2.75, 3.05) is 6.79 Å². The molecular weight excluding hydrogens is 288 g/mol. The third-order valence-electron chi connectivity index (χ3n) is 3.34. The number of ether oxygens (including phenoxy) is 3. The van der Waals surface area contributed by atoms with E-state index in [9.17, 15) is 4.79 Å². The van der Waals surface area contributed by atoms with Gasteiger partial charge in [-0.25, -0.2) is 0 Å². The van der Waals surface area contributed by atoms with Crippen LogP contribution in [0.25, 0.3) is 0 Å². The van der Waals surface area contributed by atoms with E-state index < -0.39 is 5.60 Å². The number of hydrogen-bond donors (Lipinski definition) is 0. The van der Waals surface area contributed by atoms with Crippen LogP contribution in [0.3, 0.4) is 0 Å². The summed E-state index contributed by atoms with van der Waals surface area (Å²) < 4.78 is 16.3. The third kappa shape index (κ3) is 3.03. The van der Waals surface area contributed by atoms with Crippen LogP contribution in [0.4, 0.5) is 0 Å². The van der Waals surface area contributed by atoms with Crippen molar-refractivity contribution in [3.63, 3.8) is 0 Å². The first-order valence-electron chi connectivity index (χ1n) is 6.69. The summed E-state index contributed by atoms with van der Waals surface area (Å²) in [6.07, 6.45) is 0.297. The molecule has 0 radical (unpaired) electrons. The Hall–Kier alpha value is -2.01. The van der Waals surface area contributed by atoms with Gasteiger partial charge in [-0.3, -0.25) is 4.79 Å². The molecule has 4 nitrogen and oxygen atoms in total. The second kappa shape index (κ2) is 5.41. The highest BCUT2D eigenvalue weighted by Gasteiger charge is 2.27. The predicted octanol–water partition coefficient (Wildman–Crippen LogP) is 3.50. The van der Waals surface area contributed by atoms with E-state index in [4.69, 9.17) is 14.2 Å². The predicted molar refractivity (Wildman–Crippen MR) is 79.7 cm³/mol. The molecular formula is C16H16O4S. The highest BCUT2D eigenvalue weighted by Crippen LogP contribution is 2.36. The van der Waals surface area contributed by atoms with Gasteiger partial charge >= 0.3 is 5.97 Å². The monoisotopic (exact) mass is 304 g/mol. The van der Waals surface area contributed by atoms with Gasteiger partial charge in [-0.1, -0.05) is 12.1 Å². The summed E-state index contributed by atoms with van der Waals surface area (Å²) in [5.41, 5.74) is 0.168. The topological polar surface area (TPSA) is 44.8 Å². The number of benzene rings is 1. The van der Waals surface area contributed by atoms with Crippen molar-refractivity contribution in [2.45, 2.75) is 25.9 Å². The normalized spacial score (nSPS) is 13.2. The minimum atomic E-state index is -0.713. The minimum absolute atomic E-state index is 0.234. The van der Waals surface area contributed by atoms with Crippen LogP contribution in [0.15, 0.2) is 35.7 Å². The lowest BCUT2D eigenvalue weighted by atomic mass is 9.97.